The molecule has 0 amide bonds. The first-order valence-corrected chi connectivity index (χ1v) is 7.64. The van der Waals surface area contributed by atoms with Crippen molar-refractivity contribution in [2.24, 2.45) is 0 Å². The average Bonchev–Trinajstić information content (AvgIpc) is 2.62. The molecule has 2 aromatic carbocycles. The Labute approximate surface area is 142 Å². The van der Waals surface area contributed by atoms with Crippen molar-refractivity contribution in [1.29, 1.82) is 5.41 Å². The fourth-order valence-electron chi connectivity index (χ4n) is 2.76. The maximum atomic E-state index is 12.8. The highest BCUT2D eigenvalue weighted by Crippen LogP contribution is 2.13. The van der Waals surface area contributed by atoms with Gasteiger partial charge in [0, 0.05) is 18.7 Å². The number of rotatable bonds is 5. The van der Waals surface area contributed by atoms with Gasteiger partial charge in [-0.2, -0.15) is 0 Å². The standard InChI is InChI=1S/C18H16N4O3/c1-2-11-20-16-6-4-3-5-15(16)17(23)21(18(20)19)12-13-7-9-14(10-8-13)22(24)25/h2-10,19H,1,11-12H2. The molecule has 0 aliphatic carbocycles. The first-order valence-electron chi connectivity index (χ1n) is 7.64. The van der Waals surface area contributed by atoms with Crippen molar-refractivity contribution in [3.63, 3.8) is 0 Å². The molecule has 0 spiro atoms. The molecule has 0 radical (unpaired) electrons. The molecule has 0 unspecified atom stereocenters. The van der Waals surface area contributed by atoms with Gasteiger partial charge in [-0.25, -0.2) is 0 Å². The number of nitro benzene ring substituents is 1. The van der Waals surface area contributed by atoms with Gasteiger partial charge in [-0.1, -0.05) is 30.3 Å². The van der Waals surface area contributed by atoms with Crippen LogP contribution in [-0.2, 0) is 13.1 Å². The lowest BCUT2D eigenvalue weighted by Crippen LogP contribution is -2.40. The third-order valence-electron chi connectivity index (χ3n) is 3.98. The Kier molecular flexibility index (Phi) is 4.30. The van der Waals surface area contributed by atoms with E-state index < -0.39 is 4.92 Å². The Balaban J connectivity index is 2.15. The fraction of sp³-hybridized carbons (Fsp3) is 0.111. The minimum Gasteiger partial charge on any atom is -0.308 e. The Bertz CT molecular complexity index is 1080. The number of para-hydroxylation sites is 1. The number of non-ortho nitro benzene ring substituents is 1. The molecule has 0 aliphatic heterocycles. The highest BCUT2D eigenvalue weighted by molar-refractivity contribution is 5.77. The van der Waals surface area contributed by atoms with Gasteiger partial charge in [0.2, 0.25) is 5.62 Å². The van der Waals surface area contributed by atoms with Crippen LogP contribution < -0.4 is 11.2 Å². The first kappa shape index (κ1) is 16.4. The minimum atomic E-state index is -0.472. The highest BCUT2D eigenvalue weighted by Gasteiger charge is 2.11. The van der Waals surface area contributed by atoms with E-state index in [2.05, 4.69) is 6.58 Å². The highest BCUT2D eigenvalue weighted by atomic mass is 16.6. The lowest BCUT2D eigenvalue weighted by molar-refractivity contribution is -0.384. The SMILES string of the molecule is C=CCn1c(=N)n(Cc2ccc([N+](=O)[O-])cc2)c(=O)c2ccccc21. The monoisotopic (exact) mass is 336 g/mol. The minimum absolute atomic E-state index is 0.0116. The summed E-state index contributed by atoms with van der Waals surface area (Å²) in [7, 11) is 0. The van der Waals surface area contributed by atoms with E-state index in [1.54, 1.807) is 41.0 Å². The molecular weight excluding hydrogens is 320 g/mol. The second kappa shape index (κ2) is 6.56. The topological polar surface area (TPSA) is 93.9 Å². The summed E-state index contributed by atoms with van der Waals surface area (Å²) in [6.07, 6.45) is 1.67. The lowest BCUT2D eigenvalue weighted by Gasteiger charge is -2.14. The number of allylic oxidation sites excluding steroid dienone is 1. The molecule has 126 valence electrons. The zero-order chi connectivity index (χ0) is 18.0. The molecule has 3 aromatic rings. The van der Waals surface area contributed by atoms with Gasteiger partial charge in [-0.3, -0.25) is 24.9 Å². The number of nitrogens with one attached hydrogen (secondary N) is 1. The predicted molar refractivity (Wildman–Crippen MR) is 94.4 cm³/mol. The largest absolute Gasteiger partial charge is 0.308 e. The van der Waals surface area contributed by atoms with Gasteiger partial charge >= 0.3 is 0 Å². The Hall–Kier alpha value is -3.48. The summed E-state index contributed by atoms with van der Waals surface area (Å²) in [5.41, 5.74) is 1.17. The molecule has 0 saturated carbocycles. The number of nitro groups is 1. The summed E-state index contributed by atoms with van der Waals surface area (Å²) in [5.74, 6) is 0. The third kappa shape index (κ3) is 2.99. The van der Waals surface area contributed by atoms with Crippen LogP contribution >= 0.6 is 0 Å². The second-order valence-corrected chi connectivity index (χ2v) is 5.55. The molecule has 25 heavy (non-hydrogen) atoms. The summed E-state index contributed by atoms with van der Waals surface area (Å²) in [6, 6.07) is 13.1. The smallest absolute Gasteiger partial charge is 0.269 e. The maximum absolute atomic E-state index is 12.8. The van der Waals surface area contributed by atoms with Crippen molar-refractivity contribution in [2.75, 3.05) is 0 Å². The summed E-state index contributed by atoms with van der Waals surface area (Å²) in [6.45, 7) is 4.28. The van der Waals surface area contributed by atoms with Crippen molar-refractivity contribution >= 4 is 16.6 Å². The van der Waals surface area contributed by atoms with Crippen molar-refractivity contribution < 1.29 is 4.92 Å². The molecule has 0 saturated heterocycles. The summed E-state index contributed by atoms with van der Waals surface area (Å²) < 4.78 is 3.06. The van der Waals surface area contributed by atoms with Gasteiger partial charge in [0.25, 0.3) is 11.2 Å². The van der Waals surface area contributed by atoms with Crippen molar-refractivity contribution in [2.45, 2.75) is 13.1 Å². The van der Waals surface area contributed by atoms with Crippen LogP contribution in [0.15, 0.2) is 66.0 Å². The van der Waals surface area contributed by atoms with Crippen LogP contribution in [0, 0.1) is 15.5 Å². The molecular formula is C18H16N4O3. The lowest BCUT2D eigenvalue weighted by atomic mass is 10.2. The zero-order valence-corrected chi connectivity index (χ0v) is 13.4. The van der Waals surface area contributed by atoms with Crippen LogP contribution in [0.2, 0.25) is 0 Å². The summed E-state index contributed by atoms with van der Waals surface area (Å²) in [4.78, 5) is 23.1. The van der Waals surface area contributed by atoms with Gasteiger partial charge < -0.3 is 4.57 Å². The van der Waals surface area contributed by atoms with Crippen LogP contribution in [0.4, 0.5) is 5.69 Å². The second-order valence-electron chi connectivity index (χ2n) is 5.55. The summed E-state index contributed by atoms with van der Waals surface area (Å²) >= 11 is 0. The number of nitrogens with zero attached hydrogens (tertiary/aromatic N) is 3. The van der Waals surface area contributed by atoms with Crippen LogP contribution in [0.5, 0.6) is 0 Å². The molecule has 1 N–H and O–H groups in total. The van der Waals surface area contributed by atoms with Crippen LogP contribution in [0.3, 0.4) is 0 Å². The number of hydrogen-bond donors (Lipinski definition) is 1. The molecule has 0 atom stereocenters. The van der Waals surface area contributed by atoms with E-state index in [9.17, 15) is 14.9 Å². The van der Waals surface area contributed by atoms with Crippen molar-refractivity contribution in [1.82, 2.24) is 9.13 Å². The Morgan fingerprint density at radius 2 is 1.80 bits per heavy atom. The van der Waals surface area contributed by atoms with E-state index in [4.69, 9.17) is 5.41 Å². The molecule has 7 nitrogen and oxygen atoms in total. The first-order chi connectivity index (χ1) is 12.0. The van der Waals surface area contributed by atoms with E-state index in [0.717, 1.165) is 0 Å². The van der Waals surface area contributed by atoms with Gasteiger partial charge in [0.1, 0.15) is 0 Å². The molecule has 0 bridgehead atoms. The van der Waals surface area contributed by atoms with Gasteiger partial charge in [0.05, 0.1) is 22.4 Å². The van der Waals surface area contributed by atoms with E-state index in [1.165, 1.54) is 16.7 Å². The molecule has 1 heterocycles. The Morgan fingerprint density at radius 1 is 1.12 bits per heavy atom. The van der Waals surface area contributed by atoms with E-state index in [-0.39, 0.29) is 23.4 Å². The molecule has 7 heteroatoms. The third-order valence-corrected chi connectivity index (χ3v) is 3.98. The van der Waals surface area contributed by atoms with E-state index in [1.807, 2.05) is 6.07 Å². The maximum Gasteiger partial charge on any atom is 0.269 e. The zero-order valence-electron chi connectivity index (χ0n) is 13.4. The number of fused-ring (bicyclic) bond motifs is 1. The number of benzene rings is 2. The van der Waals surface area contributed by atoms with Crippen LogP contribution in [0.25, 0.3) is 10.9 Å². The average molecular weight is 336 g/mol. The molecule has 0 fully saturated rings. The van der Waals surface area contributed by atoms with Crippen LogP contribution in [-0.4, -0.2) is 14.1 Å². The molecule has 1 aromatic heterocycles. The van der Waals surface area contributed by atoms with Crippen LogP contribution in [0.1, 0.15) is 5.56 Å². The molecule has 0 aliphatic rings. The van der Waals surface area contributed by atoms with Gasteiger partial charge in [-0.05, 0) is 17.7 Å². The Morgan fingerprint density at radius 3 is 2.44 bits per heavy atom. The van der Waals surface area contributed by atoms with Crippen molar-refractivity contribution in [3.05, 3.63) is 92.8 Å². The summed E-state index contributed by atoms with van der Waals surface area (Å²) in [5, 5.41) is 19.7. The van der Waals surface area contributed by atoms with Crippen molar-refractivity contribution in [3.8, 4) is 0 Å². The number of hydrogen-bond acceptors (Lipinski definition) is 4. The predicted octanol–water partition coefficient (Wildman–Crippen LogP) is 2.42. The van der Waals surface area contributed by atoms with E-state index in [0.29, 0.717) is 23.0 Å². The van der Waals surface area contributed by atoms with Gasteiger partial charge in [0.15, 0.2) is 0 Å². The quantitative estimate of drug-likeness (QED) is 0.440. The normalized spacial score (nSPS) is 10.7. The molecule has 3 rings (SSSR count). The van der Waals surface area contributed by atoms with Gasteiger partial charge in [-0.15, -0.1) is 6.58 Å². The van der Waals surface area contributed by atoms with E-state index >= 15 is 0 Å². The number of aromatic nitrogens is 2. The fourth-order valence-corrected chi connectivity index (χ4v) is 2.76.